The number of carbonyl (C=O) groups is 1. The molecular weight excluding hydrogens is 1260 g/mol. The van der Waals surface area contributed by atoms with E-state index in [1.54, 1.807) is 6.08 Å². The van der Waals surface area contributed by atoms with E-state index in [4.69, 9.17) is 28.4 Å². The second-order valence-corrected chi connectivity index (χ2v) is 27.4. The Morgan fingerprint density at radius 3 is 1.13 bits per heavy atom. The van der Waals surface area contributed by atoms with Gasteiger partial charge in [0.2, 0.25) is 5.91 Å². The van der Waals surface area contributed by atoms with Crippen LogP contribution < -0.4 is 5.32 Å². The van der Waals surface area contributed by atoms with Gasteiger partial charge in [0.25, 0.3) is 0 Å². The lowest BCUT2D eigenvalue weighted by Gasteiger charge is -2.48. The zero-order chi connectivity index (χ0) is 71.8. The SMILES string of the molecule is CC/C=C\C/C=C\C/C=C\C/C=C\C/C=C\CCCCCCCCCCCCCCCC(=O)NC(COC1OC(CO)C(OC2OC(CO)C(OC3OC(CO)C(O)C(O)C3O)C(O)C2O)C(O)C1O)C(O)/C=C/CC/C=C/CC/C=C/CCCCCCCCCCCCCCCCC. The Hall–Kier alpha value is -3.29. The molecule has 3 saturated heterocycles. The number of carbonyl (C=O) groups excluding carboxylic acids is 1. The Morgan fingerprint density at radius 2 is 0.707 bits per heavy atom. The van der Waals surface area contributed by atoms with Gasteiger partial charge in [0, 0.05) is 6.42 Å². The smallest absolute Gasteiger partial charge is 0.220 e. The van der Waals surface area contributed by atoms with Gasteiger partial charge < -0.3 is 89.9 Å². The van der Waals surface area contributed by atoms with Gasteiger partial charge in [0.05, 0.1) is 38.6 Å². The van der Waals surface area contributed by atoms with Crippen LogP contribution in [0.1, 0.15) is 271 Å². The molecule has 0 radical (unpaired) electrons. The highest BCUT2D eigenvalue weighted by molar-refractivity contribution is 5.76. The molecule has 0 aliphatic carbocycles. The van der Waals surface area contributed by atoms with Crippen LogP contribution in [0, 0.1) is 0 Å². The summed E-state index contributed by atoms with van der Waals surface area (Å²) in [6, 6.07) is -1.00. The molecule has 19 nitrogen and oxygen atoms in total. The van der Waals surface area contributed by atoms with Gasteiger partial charge in [0.15, 0.2) is 18.9 Å². The van der Waals surface area contributed by atoms with Gasteiger partial charge in [-0.2, -0.15) is 0 Å². The summed E-state index contributed by atoms with van der Waals surface area (Å²) >= 11 is 0. The third kappa shape index (κ3) is 40.5. The maximum Gasteiger partial charge on any atom is 0.220 e. The number of allylic oxidation sites excluding steroid dienone is 15. The van der Waals surface area contributed by atoms with Crippen LogP contribution in [0.5, 0.6) is 0 Å². The molecule has 12 N–H and O–H groups in total. The summed E-state index contributed by atoms with van der Waals surface area (Å²) in [5, 5.41) is 121. The van der Waals surface area contributed by atoms with E-state index in [1.807, 2.05) is 6.08 Å². The van der Waals surface area contributed by atoms with Crippen LogP contribution in [0.25, 0.3) is 0 Å². The second kappa shape index (κ2) is 60.0. The molecule has 3 rings (SSSR count). The lowest BCUT2D eigenvalue weighted by Crippen LogP contribution is -2.66. The van der Waals surface area contributed by atoms with E-state index in [2.05, 4.69) is 104 Å². The maximum atomic E-state index is 13.5. The molecule has 572 valence electrons. The molecule has 17 atom stereocenters. The van der Waals surface area contributed by atoms with E-state index >= 15 is 0 Å². The molecule has 19 heteroatoms. The van der Waals surface area contributed by atoms with Crippen molar-refractivity contribution in [3.63, 3.8) is 0 Å². The summed E-state index contributed by atoms with van der Waals surface area (Å²) < 4.78 is 34.4. The minimum absolute atomic E-state index is 0.225. The van der Waals surface area contributed by atoms with Crippen molar-refractivity contribution in [2.45, 2.75) is 375 Å². The molecule has 0 aromatic carbocycles. The van der Waals surface area contributed by atoms with Crippen LogP contribution in [0.15, 0.2) is 97.2 Å². The minimum atomic E-state index is -1.99. The van der Waals surface area contributed by atoms with Crippen LogP contribution in [0.2, 0.25) is 0 Å². The van der Waals surface area contributed by atoms with Crippen LogP contribution >= 0.6 is 0 Å². The number of amides is 1. The largest absolute Gasteiger partial charge is 0.394 e. The molecule has 3 heterocycles. The number of nitrogens with one attached hydrogen (secondary N) is 1. The molecule has 99 heavy (non-hydrogen) atoms. The molecule has 3 fully saturated rings. The Bertz CT molecular complexity index is 2170. The van der Waals surface area contributed by atoms with Gasteiger partial charge in [-0.05, 0) is 89.9 Å². The highest BCUT2D eigenvalue weighted by Crippen LogP contribution is 2.33. The molecule has 17 unspecified atom stereocenters. The predicted octanol–water partition coefficient (Wildman–Crippen LogP) is 12.4. The number of aliphatic hydroxyl groups is 11. The summed E-state index contributed by atoms with van der Waals surface area (Å²) in [6.07, 6.45) is 53.8. The molecular formula is C80H139NO18. The molecule has 0 spiro atoms. The van der Waals surface area contributed by atoms with Crippen molar-refractivity contribution in [2.75, 3.05) is 26.4 Å². The first-order chi connectivity index (χ1) is 48.3. The van der Waals surface area contributed by atoms with Crippen LogP contribution in [-0.2, 0) is 33.2 Å². The number of rotatable bonds is 60. The van der Waals surface area contributed by atoms with Crippen LogP contribution in [0.3, 0.4) is 0 Å². The summed E-state index contributed by atoms with van der Waals surface area (Å²) in [6.45, 7) is 1.61. The van der Waals surface area contributed by atoms with Gasteiger partial charge in [-0.1, -0.05) is 272 Å². The van der Waals surface area contributed by atoms with Crippen molar-refractivity contribution in [2.24, 2.45) is 0 Å². The number of hydrogen-bond acceptors (Lipinski definition) is 18. The summed E-state index contributed by atoms with van der Waals surface area (Å²) in [5.41, 5.74) is 0. The summed E-state index contributed by atoms with van der Waals surface area (Å²) in [7, 11) is 0. The second-order valence-electron chi connectivity index (χ2n) is 27.4. The molecule has 0 aromatic rings. The highest BCUT2D eigenvalue weighted by atomic mass is 16.8. The van der Waals surface area contributed by atoms with E-state index < -0.39 is 124 Å². The number of hydrogen-bond donors (Lipinski definition) is 12. The van der Waals surface area contributed by atoms with Gasteiger partial charge in [-0.3, -0.25) is 4.79 Å². The maximum absolute atomic E-state index is 13.5. The fourth-order valence-corrected chi connectivity index (χ4v) is 12.6. The molecule has 1 amide bonds. The van der Waals surface area contributed by atoms with Gasteiger partial charge in [-0.15, -0.1) is 0 Å². The third-order valence-corrected chi connectivity index (χ3v) is 18.8. The van der Waals surface area contributed by atoms with Crippen molar-refractivity contribution in [1.82, 2.24) is 5.32 Å². The predicted molar refractivity (Wildman–Crippen MR) is 392 cm³/mol. The average molecular weight is 1400 g/mol. The third-order valence-electron chi connectivity index (χ3n) is 18.8. The first kappa shape index (κ1) is 89.9. The van der Waals surface area contributed by atoms with Crippen LogP contribution in [-0.4, -0.2) is 193 Å². The van der Waals surface area contributed by atoms with Crippen molar-refractivity contribution in [3.05, 3.63) is 97.2 Å². The summed E-state index contributed by atoms with van der Waals surface area (Å²) in [5.74, 6) is -0.292. The lowest BCUT2D eigenvalue weighted by atomic mass is 9.96. The Morgan fingerprint density at radius 1 is 0.374 bits per heavy atom. The summed E-state index contributed by atoms with van der Waals surface area (Å²) in [4.78, 5) is 13.5. The quantitative estimate of drug-likeness (QED) is 0.0199. The Kier molecular flexibility index (Phi) is 54.5. The first-order valence-corrected chi connectivity index (χ1v) is 39.0. The Labute approximate surface area is 596 Å². The van der Waals surface area contributed by atoms with Gasteiger partial charge in [0.1, 0.15) is 73.2 Å². The molecule has 0 saturated carbocycles. The van der Waals surface area contributed by atoms with Crippen molar-refractivity contribution in [3.8, 4) is 0 Å². The standard InChI is InChI=1S/C80H139NO18/c1-3-5-7-9-11-13-15-17-19-21-23-25-27-29-30-31-32-34-36-38-40-42-44-46-48-50-52-54-56-58-68(86)81-63(64(85)57-55-53-51-49-47-45-43-41-39-37-35-33-28-26-24-22-20-18-16-14-12-10-8-6-4-2)62-94-78-74(92)71(89)76(66(60-83)96-78)99-80-75(93)72(90)77(67(61-84)97-80)98-79-73(91)70(88)69(87)65(59-82)95-79/h5,7,11,13,17,19,23,25,29-30,39,41,47,49,55,57,63-67,69-80,82-85,87-93H,3-4,6,8-10,12,14-16,18,20-22,24,26-28,31-38,40,42-46,48,50-54,56,58-62H2,1-2H3,(H,81,86)/b7-5-,13-11-,19-17-,25-23-,30-29-,41-39+,49-47+,57-55+. The van der Waals surface area contributed by atoms with Crippen molar-refractivity contribution < 1.29 is 89.4 Å². The van der Waals surface area contributed by atoms with Crippen molar-refractivity contribution >= 4 is 5.91 Å². The van der Waals surface area contributed by atoms with E-state index in [9.17, 15) is 61.0 Å². The fourth-order valence-electron chi connectivity index (χ4n) is 12.6. The number of unbranched alkanes of at least 4 members (excludes halogenated alkanes) is 30. The topological polar surface area (TPSA) is 307 Å². The molecule has 3 aliphatic heterocycles. The van der Waals surface area contributed by atoms with E-state index in [0.29, 0.717) is 12.8 Å². The molecule has 3 aliphatic rings. The molecule has 0 aromatic heterocycles. The monoisotopic (exact) mass is 1400 g/mol. The zero-order valence-electron chi connectivity index (χ0n) is 60.9. The normalized spacial score (nSPS) is 27.1. The zero-order valence-corrected chi connectivity index (χ0v) is 60.9. The number of ether oxygens (including phenoxy) is 6. The van der Waals surface area contributed by atoms with Crippen molar-refractivity contribution in [1.29, 1.82) is 0 Å². The fraction of sp³-hybridized carbons (Fsp3) is 0.787. The lowest BCUT2D eigenvalue weighted by molar-refractivity contribution is -0.379. The minimum Gasteiger partial charge on any atom is -0.394 e. The van der Waals surface area contributed by atoms with Gasteiger partial charge >= 0.3 is 0 Å². The molecule has 0 bridgehead atoms. The van der Waals surface area contributed by atoms with E-state index in [0.717, 1.165) is 89.9 Å². The van der Waals surface area contributed by atoms with Crippen LogP contribution in [0.4, 0.5) is 0 Å². The first-order valence-electron chi connectivity index (χ1n) is 39.0. The highest BCUT2D eigenvalue weighted by Gasteiger charge is 2.53. The van der Waals surface area contributed by atoms with Gasteiger partial charge in [-0.25, -0.2) is 0 Å². The van der Waals surface area contributed by atoms with E-state index in [-0.39, 0.29) is 18.9 Å². The van der Waals surface area contributed by atoms with E-state index in [1.165, 1.54) is 148 Å². The number of aliphatic hydroxyl groups excluding tert-OH is 11. The average Bonchev–Trinajstić information content (AvgIpc) is 0.785. The Balaban J connectivity index is 1.41.